The number of halogens is 1. The lowest BCUT2D eigenvalue weighted by Gasteiger charge is -2.40. The van der Waals surface area contributed by atoms with Gasteiger partial charge in [0.2, 0.25) is 0 Å². The summed E-state index contributed by atoms with van der Waals surface area (Å²) in [5.41, 5.74) is 1.49. The summed E-state index contributed by atoms with van der Waals surface area (Å²) < 4.78 is 2.19. The molecule has 2 aliphatic rings. The van der Waals surface area contributed by atoms with E-state index in [1.165, 1.54) is 57.3 Å². The topological polar surface area (TPSA) is 24.8 Å². The van der Waals surface area contributed by atoms with Gasteiger partial charge in [0.25, 0.3) is 0 Å². The van der Waals surface area contributed by atoms with Crippen LogP contribution in [0.5, 0.6) is 0 Å². The van der Waals surface area contributed by atoms with E-state index in [2.05, 4.69) is 23.1 Å². The van der Waals surface area contributed by atoms with Crippen LogP contribution in [0.15, 0.2) is 47.3 Å². The molecule has 2 fully saturated rings. The third-order valence-electron chi connectivity index (χ3n) is 6.35. The molecule has 0 radical (unpaired) electrons. The molecule has 2 aromatic carbocycles. The molecule has 3 heterocycles. The molecule has 0 bridgehead atoms. The van der Waals surface area contributed by atoms with Crippen LogP contribution in [-0.2, 0) is 6.54 Å². The monoisotopic (exact) mass is 506 g/mol. The Morgan fingerprint density at radius 2 is 1.79 bits per heavy atom. The lowest BCUT2D eigenvalue weighted by atomic mass is 10.1. The highest BCUT2D eigenvalue weighted by atomic mass is 127. The van der Waals surface area contributed by atoms with Gasteiger partial charge in [-0.05, 0) is 37.1 Å². The molecule has 2 atom stereocenters. The first kappa shape index (κ1) is 20.3. The molecule has 2 saturated heterocycles. The smallest absolute Gasteiger partial charge is 0.195 e. The van der Waals surface area contributed by atoms with Crippen molar-refractivity contribution in [3.8, 4) is 0 Å². The molecule has 0 spiro atoms. The SMILES string of the molecule is O=c1c2ccccc2sc2ccc(C[NH+]3CCCN4CCCCCC43)cc12.[I-]. The van der Waals surface area contributed by atoms with Crippen molar-refractivity contribution < 1.29 is 28.9 Å². The van der Waals surface area contributed by atoms with Crippen LogP contribution in [0.4, 0.5) is 0 Å². The summed E-state index contributed by atoms with van der Waals surface area (Å²) in [4.78, 5) is 17.4. The Morgan fingerprint density at radius 3 is 2.71 bits per heavy atom. The Labute approximate surface area is 187 Å². The van der Waals surface area contributed by atoms with Crippen molar-refractivity contribution in [2.75, 3.05) is 19.6 Å². The molecule has 148 valence electrons. The highest BCUT2D eigenvalue weighted by molar-refractivity contribution is 7.24. The highest BCUT2D eigenvalue weighted by Crippen LogP contribution is 2.25. The largest absolute Gasteiger partial charge is 1.00 e. The minimum atomic E-state index is 0. The zero-order valence-electron chi connectivity index (χ0n) is 16.1. The second-order valence-corrected chi connectivity index (χ2v) is 9.18. The third-order valence-corrected chi connectivity index (χ3v) is 7.50. The number of hydrogen-bond donors (Lipinski definition) is 1. The van der Waals surface area contributed by atoms with E-state index < -0.39 is 0 Å². The Kier molecular flexibility index (Phi) is 6.35. The summed E-state index contributed by atoms with van der Waals surface area (Å²) >= 11 is 1.73. The van der Waals surface area contributed by atoms with Crippen molar-refractivity contribution in [3.05, 3.63) is 58.3 Å². The average Bonchev–Trinajstić information content (AvgIpc) is 2.95. The van der Waals surface area contributed by atoms with Gasteiger partial charge in [-0.3, -0.25) is 9.69 Å². The summed E-state index contributed by atoms with van der Waals surface area (Å²) in [7, 11) is 0. The molecule has 2 aliphatic heterocycles. The molecule has 5 heteroatoms. The molecule has 0 aliphatic carbocycles. The molecular weight excluding hydrogens is 479 g/mol. The van der Waals surface area contributed by atoms with E-state index in [-0.39, 0.29) is 29.4 Å². The van der Waals surface area contributed by atoms with Gasteiger partial charge >= 0.3 is 0 Å². The Morgan fingerprint density at radius 1 is 0.964 bits per heavy atom. The van der Waals surface area contributed by atoms with Crippen molar-refractivity contribution in [2.24, 2.45) is 0 Å². The molecule has 2 unspecified atom stereocenters. The van der Waals surface area contributed by atoms with E-state index >= 15 is 0 Å². The van der Waals surface area contributed by atoms with Crippen LogP contribution in [0.3, 0.4) is 0 Å². The van der Waals surface area contributed by atoms with E-state index in [0.29, 0.717) is 6.17 Å². The second kappa shape index (κ2) is 8.78. The third kappa shape index (κ3) is 3.86. The average molecular weight is 506 g/mol. The summed E-state index contributed by atoms with van der Waals surface area (Å²) in [6.07, 6.45) is 7.38. The van der Waals surface area contributed by atoms with Crippen molar-refractivity contribution in [1.29, 1.82) is 0 Å². The second-order valence-electron chi connectivity index (χ2n) is 8.10. The number of hydrogen-bond acceptors (Lipinski definition) is 3. The fourth-order valence-electron chi connectivity index (χ4n) is 5.00. The number of benzene rings is 2. The molecule has 3 nitrogen and oxygen atoms in total. The van der Waals surface area contributed by atoms with Crippen LogP contribution in [0.1, 0.15) is 37.7 Å². The van der Waals surface area contributed by atoms with Gasteiger partial charge < -0.3 is 28.9 Å². The molecular formula is C23H27IN2OS. The van der Waals surface area contributed by atoms with Crippen molar-refractivity contribution >= 4 is 31.5 Å². The van der Waals surface area contributed by atoms with Crippen molar-refractivity contribution in [1.82, 2.24) is 4.90 Å². The Balaban J connectivity index is 0.00000192. The lowest BCUT2D eigenvalue weighted by molar-refractivity contribution is -0.956. The van der Waals surface area contributed by atoms with E-state index in [1.807, 2.05) is 24.3 Å². The van der Waals surface area contributed by atoms with Gasteiger partial charge in [0.15, 0.2) is 5.43 Å². The van der Waals surface area contributed by atoms with Gasteiger partial charge in [0, 0.05) is 51.7 Å². The van der Waals surface area contributed by atoms with Crippen LogP contribution in [0, 0.1) is 0 Å². The molecule has 0 saturated carbocycles. The number of quaternary nitrogens is 1. The molecule has 5 rings (SSSR count). The summed E-state index contributed by atoms with van der Waals surface area (Å²) in [6.45, 7) is 4.83. The molecule has 1 aromatic heterocycles. The van der Waals surface area contributed by atoms with Gasteiger partial charge in [-0.1, -0.05) is 24.6 Å². The van der Waals surface area contributed by atoms with E-state index in [1.54, 1.807) is 16.2 Å². The van der Waals surface area contributed by atoms with E-state index in [9.17, 15) is 4.79 Å². The predicted molar refractivity (Wildman–Crippen MR) is 114 cm³/mol. The number of nitrogens with zero attached hydrogens (tertiary/aromatic N) is 1. The van der Waals surface area contributed by atoms with Gasteiger partial charge in [-0.2, -0.15) is 0 Å². The fourth-order valence-corrected chi connectivity index (χ4v) is 6.05. The lowest BCUT2D eigenvalue weighted by Crippen LogP contribution is -3.17. The summed E-state index contributed by atoms with van der Waals surface area (Å²) in [5, 5.41) is 1.75. The summed E-state index contributed by atoms with van der Waals surface area (Å²) in [6, 6.07) is 14.6. The molecule has 28 heavy (non-hydrogen) atoms. The zero-order valence-corrected chi connectivity index (χ0v) is 19.1. The summed E-state index contributed by atoms with van der Waals surface area (Å²) in [5.74, 6) is 0. The van der Waals surface area contributed by atoms with Gasteiger partial charge in [-0.15, -0.1) is 11.3 Å². The first-order chi connectivity index (χ1) is 13.3. The number of fused-ring (bicyclic) bond motifs is 3. The van der Waals surface area contributed by atoms with Crippen LogP contribution in [-0.4, -0.2) is 30.7 Å². The van der Waals surface area contributed by atoms with Crippen molar-refractivity contribution in [3.63, 3.8) is 0 Å². The normalized spacial score (nSPS) is 23.1. The standard InChI is InChI=1S/C23H26N2OS.HI/c26-23-18-7-3-4-8-20(18)27-21-11-10-17(15-19(21)23)16-25-14-6-13-24-12-5-1-2-9-22(24)25;/h3-4,7-8,10-11,15,22H,1-2,5-6,9,12-14,16H2;1H. The Bertz CT molecular complexity index is 1030. The van der Waals surface area contributed by atoms with Crippen LogP contribution in [0.2, 0.25) is 0 Å². The first-order valence-corrected chi connectivity index (χ1v) is 11.1. The maximum absolute atomic E-state index is 13.0. The quantitative estimate of drug-likeness (QED) is 0.403. The maximum Gasteiger partial charge on any atom is 0.195 e. The van der Waals surface area contributed by atoms with Gasteiger partial charge in [0.1, 0.15) is 12.7 Å². The van der Waals surface area contributed by atoms with E-state index in [4.69, 9.17) is 0 Å². The molecule has 1 N–H and O–H groups in total. The minimum absolute atomic E-state index is 0. The fraction of sp³-hybridized carbons (Fsp3) is 0.435. The van der Waals surface area contributed by atoms with Crippen molar-refractivity contribution in [2.45, 2.75) is 44.8 Å². The first-order valence-electron chi connectivity index (χ1n) is 10.3. The Hall–Kier alpha value is -1.02. The number of nitrogens with one attached hydrogen (secondary N) is 1. The van der Waals surface area contributed by atoms with Crippen LogP contribution >= 0.6 is 11.3 Å². The minimum Gasteiger partial charge on any atom is -1.00 e. The maximum atomic E-state index is 13.0. The number of rotatable bonds is 2. The highest BCUT2D eigenvalue weighted by Gasteiger charge is 2.33. The van der Waals surface area contributed by atoms with Crippen LogP contribution < -0.4 is 34.3 Å². The predicted octanol–water partition coefficient (Wildman–Crippen LogP) is 0.409. The molecule has 0 amide bonds. The van der Waals surface area contributed by atoms with E-state index in [0.717, 1.165) is 26.7 Å². The van der Waals surface area contributed by atoms with Gasteiger partial charge in [0.05, 0.1) is 6.54 Å². The zero-order chi connectivity index (χ0) is 18.2. The van der Waals surface area contributed by atoms with Gasteiger partial charge in [-0.25, -0.2) is 0 Å². The van der Waals surface area contributed by atoms with Crippen LogP contribution in [0.25, 0.3) is 20.2 Å². The molecule has 3 aromatic rings.